The van der Waals surface area contributed by atoms with Crippen LogP contribution in [0.25, 0.3) is 5.82 Å². The first kappa shape index (κ1) is 16.7. The van der Waals surface area contributed by atoms with Crippen molar-refractivity contribution < 1.29 is 9.53 Å². The summed E-state index contributed by atoms with van der Waals surface area (Å²) in [6, 6.07) is 13.5. The fraction of sp³-hybridized carbons (Fsp3) is 0.211. The summed E-state index contributed by atoms with van der Waals surface area (Å²) in [5, 5.41) is 7.60. The molecule has 1 aliphatic heterocycles. The normalized spacial score (nSPS) is 16.5. The van der Waals surface area contributed by atoms with Crippen molar-refractivity contribution in [2.75, 3.05) is 18.2 Å². The van der Waals surface area contributed by atoms with Crippen LogP contribution < -0.4 is 10.1 Å². The Hall–Kier alpha value is -2.80. The lowest BCUT2D eigenvalue weighted by atomic mass is 10.0. The Kier molecular flexibility index (Phi) is 4.38. The van der Waals surface area contributed by atoms with Gasteiger partial charge in [0.25, 0.3) is 0 Å². The number of hydrogen-bond donors (Lipinski definition) is 1. The van der Waals surface area contributed by atoms with E-state index in [0.717, 1.165) is 22.6 Å². The zero-order valence-corrected chi connectivity index (χ0v) is 15.3. The minimum absolute atomic E-state index is 0.0503. The maximum atomic E-state index is 12.3. The molecular weight excluding hydrogens is 348 g/mol. The van der Waals surface area contributed by atoms with Gasteiger partial charge < -0.3 is 10.1 Å². The standard InChI is InChI=1S/C19H18N4O2S/c1-12-17-18(13-7-3-4-8-14(13)25-2)26-11-16(24)21-19(17)23(22-12)15-9-5-6-10-20-15/h3-10,18H,11H2,1-2H3,(H,21,24). The second-order valence-corrected chi connectivity index (χ2v) is 7.02. The largest absolute Gasteiger partial charge is 0.496 e. The van der Waals surface area contributed by atoms with E-state index in [4.69, 9.17) is 4.74 Å². The molecule has 4 rings (SSSR count). The third-order valence-electron chi connectivity index (χ3n) is 4.30. The first-order valence-corrected chi connectivity index (χ1v) is 9.29. The third kappa shape index (κ3) is 2.84. The van der Waals surface area contributed by atoms with Gasteiger partial charge in [-0.3, -0.25) is 4.79 Å². The van der Waals surface area contributed by atoms with Gasteiger partial charge in [-0.25, -0.2) is 4.98 Å². The molecule has 0 radical (unpaired) electrons. The monoisotopic (exact) mass is 366 g/mol. The highest BCUT2D eigenvalue weighted by atomic mass is 32.2. The van der Waals surface area contributed by atoms with Gasteiger partial charge in [0.05, 0.1) is 23.8 Å². The lowest BCUT2D eigenvalue weighted by molar-refractivity contribution is -0.113. The van der Waals surface area contributed by atoms with Crippen LogP contribution in [-0.2, 0) is 4.79 Å². The Bertz CT molecular complexity index is 955. The van der Waals surface area contributed by atoms with Crippen LogP contribution in [0.2, 0.25) is 0 Å². The zero-order valence-electron chi connectivity index (χ0n) is 14.5. The number of pyridine rings is 1. The van der Waals surface area contributed by atoms with Crippen molar-refractivity contribution >= 4 is 23.5 Å². The molecule has 2 aromatic heterocycles. The van der Waals surface area contributed by atoms with E-state index in [1.54, 1.807) is 29.8 Å². The van der Waals surface area contributed by atoms with Crippen molar-refractivity contribution in [3.05, 3.63) is 65.5 Å². The molecule has 3 aromatic rings. The Morgan fingerprint density at radius 1 is 1.23 bits per heavy atom. The second-order valence-electron chi connectivity index (χ2n) is 5.93. The van der Waals surface area contributed by atoms with Crippen LogP contribution in [0.3, 0.4) is 0 Å². The smallest absolute Gasteiger partial charge is 0.235 e. The van der Waals surface area contributed by atoms with E-state index in [9.17, 15) is 4.79 Å². The second kappa shape index (κ2) is 6.84. The van der Waals surface area contributed by atoms with Gasteiger partial charge in [0.2, 0.25) is 5.91 Å². The average molecular weight is 366 g/mol. The van der Waals surface area contributed by atoms with Crippen molar-refractivity contribution in [2.45, 2.75) is 12.2 Å². The predicted octanol–water partition coefficient (Wildman–Crippen LogP) is 3.36. The van der Waals surface area contributed by atoms with Gasteiger partial charge in [-0.1, -0.05) is 24.3 Å². The summed E-state index contributed by atoms with van der Waals surface area (Å²) in [6.07, 6.45) is 1.71. The van der Waals surface area contributed by atoms with Gasteiger partial charge in [0, 0.05) is 17.3 Å². The van der Waals surface area contributed by atoms with E-state index >= 15 is 0 Å². The number of carbonyl (C=O) groups excluding carboxylic acids is 1. The highest BCUT2D eigenvalue weighted by Crippen LogP contribution is 2.46. The number of nitrogens with one attached hydrogen (secondary N) is 1. The molecule has 26 heavy (non-hydrogen) atoms. The van der Waals surface area contributed by atoms with Crippen LogP contribution >= 0.6 is 11.8 Å². The van der Waals surface area contributed by atoms with Gasteiger partial charge in [-0.05, 0) is 25.1 Å². The fourth-order valence-corrected chi connectivity index (χ4v) is 4.37. The van der Waals surface area contributed by atoms with E-state index in [1.165, 1.54) is 0 Å². The first-order chi connectivity index (χ1) is 12.7. The molecule has 3 heterocycles. The molecule has 1 aromatic carbocycles. The maximum Gasteiger partial charge on any atom is 0.235 e. The van der Waals surface area contributed by atoms with Crippen molar-refractivity contribution in [1.29, 1.82) is 0 Å². The van der Waals surface area contributed by atoms with Crippen molar-refractivity contribution in [1.82, 2.24) is 14.8 Å². The van der Waals surface area contributed by atoms with E-state index in [2.05, 4.69) is 15.4 Å². The lowest BCUT2D eigenvalue weighted by Gasteiger charge is -2.18. The Morgan fingerprint density at radius 3 is 2.81 bits per heavy atom. The highest BCUT2D eigenvalue weighted by molar-refractivity contribution is 8.00. The number of thioether (sulfide) groups is 1. The minimum atomic E-state index is -0.0578. The number of aromatic nitrogens is 3. The zero-order chi connectivity index (χ0) is 18.1. The van der Waals surface area contributed by atoms with Gasteiger partial charge >= 0.3 is 0 Å². The number of benzene rings is 1. The molecule has 0 bridgehead atoms. The summed E-state index contributed by atoms with van der Waals surface area (Å²) in [4.78, 5) is 16.7. The topological polar surface area (TPSA) is 69.0 Å². The lowest BCUT2D eigenvalue weighted by Crippen LogP contribution is -2.16. The van der Waals surface area contributed by atoms with Crippen LogP contribution in [0.15, 0.2) is 48.7 Å². The number of nitrogens with zero attached hydrogens (tertiary/aromatic N) is 3. The molecule has 0 aliphatic carbocycles. The Balaban J connectivity index is 1.92. The first-order valence-electron chi connectivity index (χ1n) is 8.24. The van der Waals surface area contributed by atoms with Gasteiger partial charge in [-0.15, -0.1) is 11.8 Å². The quantitative estimate of drug-likeness (QED) is 0.770. The maximum absolute atomic E-state index is 12.3. The van der Waals surface area contributed by atoms with Gasteiger partial charge in [0.1, 0.15) is 11.6 Å². The molecule has 0 saturated heterocycles. The van der Waals surface area contributed by atoms with Crippen molar-refractivity contribution in [2.24, 2.45) is 0 Å². The molecule has 0 fully saturated rings. The van der Waals surface area contributed by atoms with Gasteiger partial charge in [-0.2, -0.15) is 9.78 Å². The molecule has 0 saturated carbocycles. The molecule has 7 heteroatoms. The number of hydrogen-bond acceptors (Lipinski definition) is 5. The van der Waals surface area contributed by atoms with E-state index in [1.807, 2.05) is 49.4 Å². The van der Waals surface area contributed by atoms with E-state index in [0.29, 0.717) is 17.4 Å². The van der Waals surface area contributed by atoms with Crippen LogP contribution in [0, 0.1) is 6.92 Å². The van der Waals surface area contributed by atoms with E-state index in [-0.39, 0.29) is 11.2 Å². The Labute approximate surface area is 155 Å². The van der Waals surface area contributed by atoms with Crippen LogP contribution in [0.4, 0.5) is 5.82 Å². The Morgan fingerprint density at radius 2 is 2.04 bits per heavy atom. The number of ether oxygens (including phenoxy) is 1. The highest BCUT2D eigenvalue weighted by Gasteiger charge is 2.32. The number of carbonyl (C=O) groups is 1. The molecule has 1 aliphatic rings. The number of amides is 1. The molecular formula is C19H18N4O2S. The number of anilines is 1. The molecule has 0 spiro atoms. The fourth-order valence-electron chi connectivity index (χ4n) is 3.16. The average Bonchev–Trinajstić information content (AvgIpc) is 2.88. The molecule has 1 amide bonds. The van der Waals surface area contributed by atoms with Crippen LogP contribution in [0.1, 0.15) is 22.1 Å². The summed E-state index contributed by atoms with van der Waals surface area (Å²) in [5.74, 6) is 2.45. The van der Waals surface area contributed by atoms with E-state index < -0.39 is 0 Å². The van der Waals surface area contributed by atoms with Crippen molar-refractivity contribution in [3.8, 4) is 11.6 Å². The SMILES string of the molecule is COc1ccccc1C1SCC(=O)Nc2c1c(C)nn2-c1ccccn1. The summed E-state index contributed by atoms with van der Waals surface area (Å²) in [7, 11) is 1.66. The number of aryl methyl sites for hydroxylation is 1. The number of fused-ring (bicyclic) bond motifs is 1. The molecule has 1 atom stereocenters. The minimum Gasteiger partial charge on any atom is -0.496 e. The van der Waals surface area contributed by atoms with Gasteiger partial charge in [0.15, 0.2) is 5.82 Å². The number of methoxy groups -OCH3 is 1. The van der Waals surface area contributed by atoms with Crippen molar-refractivity contribution in [3.63, 3.8) is 0 Å². The summed E-state index contributed by atoms with van der Waals surface area (Å²) in [5.41, 5.74) is 2.87. The summed E-state index contributed by atoms with van der Waals surface area (Å²) in [6.45, 7) is 1.96. The molecule has 6 nitrogen and oxygen atoms in total. The number of rotatable bonds is 3. The summed E-state index contributed by atoms with van der Waals surface area (Å²) < 4.78 is 7.26. The third-order valence-corrected chi connectivity index (χ3v) is 5.55. The van der Waals surface area contributed by atoms with Crippen LogP contribution in [0.5, 0.6) is 5.75 Å². The van der Waals surface area contributed by atoms with Crippen LogP contribution in [-0.4, -0.2) is 33.5 Å². The summed E-state index contributed by atoms with van der Waals surface area (Å²) >= 11 is 1.57. The predicted molar refractivity (Wildman–Crippen MR) is 102 cm³/mol. The number of para-hydroxylation sites is 1. The molecule has 132 valence electrons. The molecule has 1 N–H and O–H groups in total. The molecule has 1 unspecified atom stereocenters.